The fourth-order valence-electron chi connectivity index (χ4n) is 1.10. The van der Waals surface area contributed by atoms with Crippen LogP contribution in [0.25, 0.3) is 11.3 Å². The zero-order chi connectivity index (χ0) is 9.80. The van der Waals surface area contributed by atoms with Crippen LogP contribution < -0.4 is 0 Å². The Balaban J connectivity index is 2.49. The second-order valence-corrected chi connectivity index (χ2v) is 2.63. The Hall–Kier alpha value is -2.28. The van der Waals surface area contributed by atoms with Gasteiger partial charge in [0, 0.05) is 24.2 Å². The van der Waals surface area contributed by atoms with Crippen molar-refractivity contribution in [1.82, 2.24) is 15.0 Å². The average molecular weight is 182 g/mol. The lowest BCUT2D eigenvalue weighted by Crippen LogP contribution is -1.87. The third-order valence-electron chi connectivity index (χ3n) is 1.73. The van der Waals surface area contributed by atoms with E-state index in [9.17, 15) is 0 Å². The molecule has 0 N–H and O–H groups in total. The molecule has 0 spiro atoms. The summed E-state index contributed by atoms with van der Waals surface area (Å²) in [4.78, 5) is 11.9. The Labute approximate surface area is 80.9 Å². The second-order valence-electron chi connectivity index (χ2n) is 2.63. The van der Waals surface area contributed by atoms with Crippen molar-refractivity contribution in [2.45, 2.75) is 0 Å². The van der Waals surface area contributed by atoms with Gasteiger partial charge in [-0.05, 0) is 12.1 Å². The largest absolute Gasteiger partial charge is 0.261 e. The summed E-state index contributed by atoms with van der Waals surface area (Å²) in [6, 6.07) is 5.46. The molecule has 2 heterocycles. The van der Waals surface area contributed by atoms with Gasteiger partial charge in [-0.15, -0.1) is 0 Å². The Morgan fingerprint density at radius 3 is 2.79 bits per heavy atom. The van der Waals surface area contributed by atoms with Gasteiger partial charge in [0.25, 0.3) is 0 Å². The summed E-state index contributed by atoms with van der Waals surface area (Å²) in [6.07, 6.45) is 6.46. The second kappa shape index (κ2) is 3.62. The van der Waals surface area contributed by atoms with E-state index in [4.69, 9.17) is 5.26 Å². The van der Waals surface area contributed by atoms with Crippen LogP contribution in [-0.4, -0.2) is 15.0 Å². The van der Waals surface area contributed by atoms with Crippen molar-refractivity contribution < 1.29 is 0 Å². The van der Waals surface area contributed by atoms with Gasteiger partial charge in [-0.1, -0.05) is 0 Å². The third-order valence-corrected chi connectivity index (χ3v) is 1.73. The first kappa shape index (κ1) is 8.32. The zero-order valence-corrected chi connectivity index (χ0v) is 7.25. The number of hydrogen-bond donors (Lipinski definition) is 0. The van der Waals surface area contributed by atoms with Gasteiger partial charge in [0.1, 0.15) is 11.8 Å². The van der Waals surface area contributed by atoms with Crippen LogP contribution in [-0.2, 0) is 0 Å². The van der Waals surface area contributed by atoms with Gasteiger partial charge in [-0.2, -0.15) is 5.26 Å². The molecule has 0 unspecified atom stereocenters. The van der Waals surface area contributed by atoms with Gasteiger partial charge in [0.2, 0.25) is 0 Å². The van der Waals surface area contributed by atoms with Crippen molar-refractivity contribution in [3.05, 3.63) is 42.6 Å². The molecular weight excluding hydrogens is 176 g/mol. The van der Waals surface area contributed by atoms with E-state index in [0.717, 1.165) is 11.3 Å². The maximum Gasteiger partial charge on any atom is 0.141 e. The molecule has 0 aromatic carbocycles. The van der Waals surface area contributed by atoms with Crippen LogP contribution in [0, 0.1) is 11.3 Å². The van der Waals surface area contributed by atoms with Crippen molar-refractivity contribution >= 4 is 0 Å². The van der Waals surface area contributed by atoms with E-state index >= 15 is 0 Å². The van der Waals surface area contributed by atoms with E-state index in [1.807, 2.05) is 6.07 Å². The van der Waals surface area contributed by atoms with Gasteiger partial charge in [-0.3, -0.25) is 9.97 Å². The number of nitrogens with zero attached hydrogens (tertiary/aromatic N) is 4. The van der Waals surface area contributed by atoms with E-state index < -0.39 is 0 Å². The van der Waals surface area contributed by atoms with Gasteiger partial charge in [-0.25, -0.2) is 4.98 Å². The van der Waals surface area contributed by atoms with Crippen LogP contribution in [0.2, 0.25) is 0 Å². The lowest BCUT2D eigenvalue weighted by atomic mass is 10.2. The predicted octanol–water partition coefficient (Wildman–Crippen LogP) is 1.41. The van der Waals surface area contributed by atoms with Crippen LogP contribution in [0.4, 0.5) is 0 Å². The van der Waals surface area contributed by atoms with E-state index in [-0.39, 0.29) is 0 Å². The van der Waals surface area contributed by atoms with Gasteiger partial charge < -0.3 is 0 Å². The lowest BCUT2D eigenvalue weighted by molar-refractivity contribution is 1.19. The van der Waals surface area contributed by atoms with E-state index in [0.29, 0.717) is 5.69 Å². The highest BCUT2D eigenvalue weighted by Gasteiger charge is 1.99. The molecule has 0 atom stereocenters. The average Bonchev–Trinajstić information content (AvgIpc) is 2.30. The Morgan fingerprint density at radius 2 is 2.07 bits per heavy atom. The summed E-state index contributed by atoms with van der Waals surface area (Å²) in [7, 11) is 0. The van der Waals surface area contributed by atoms with Gasteiger partial charge in [0.15, 0.2) is 0 Å². The van der Waals surface area contributed by atoms with Gasteiger partial charge in [0.05, 0.1) is 11.9 Å². The first-order chi connectivity index (χ1) is 6.90. The number of hydrogen-bond acceptors (Lipinski definition) is 4. The molecule has 0 radical (unpaired) electrons. The molecule has 4 heteroatoms. The summed E-state index contributed by atoms with van der Waals surface area (Å²) >= 11 is 0. The molecule has 2 aromatic heterocycles. The smallest absolute Gasteiger partial charge is 0.141 e. The summed E-state index contributed by atoms with van der Waals surface area (Å²) in [5, 5.41) is 8.66. The van der Waals surface area contributed by atoms with Crippen LogP contribution in [0.3, 0.4) is 0 Å². The number of nitriles is 1. The molecule has 0 aliphatic rings. The number of pyridine rings is 1. The zero-order valence-electron chi connectivity index (χ0n) is 7.25. The van der Waals surface area contributed by atoms with E-state index in [2.05, 4.69) is 15.0 Å². The molecule has 0 amide bonds. The third kappa shape index (κ3) is 1.57. The Morgan fingerprint density at radius 1 is 1.14 bits per heavy atom. The highest BCUT2D eigenvalue weighted by molar-refractivity contribution is 5.58. The van der Waals surface area contributed by atoms with E-state index in [1.54, 1.807) is 36.9 Å². The predicted molar refractivity (Wildman–Crippen MR) is 50.0 cm³/mol. The molecule has 0 saturated carbocycles. The monoisotopic (exact) mass is 182 g/mol. The summed E-state index contributed by atoms with van der Waals surface area (Å²) in [5.74, 6) is 0. The minimum atomic E-state index is 0.383. The topological polar surface area (TPSA) is 62.5 Å². The van der Waals surface area contributed by atoms with Crippen LogP contribution in [0.1, 0.15) is 5.69 Å². The number of rotatable bonds is 1. The Bertz CT molecular complexity index is 473. The lowest BCUT2D eigenvalue weighted by Gasteiger charge is -1.98. The minimum Gasteiger partial charge on any atom is -0.261 e. The molecule has 0 aliphatic heterocycles. The van der Waals surface area contributed by atoms with Gasteiger partial charge >= 0.3 is 0 Å². The number of aromatic nitrogens is 3. The van der Waals surface area contributed by atoms with Crippen molar-refractivity contribution in [2.75, 3.05) is 0 Å². The molecule has 0 fully saturated rings. The molecule has 66 valence electrons. The van der Waals surface area contributed by atoms with Crippen LogP contribution in [0.15, 0.2) is 36.9 Å². The highest BCUT2D eigenvalue weighted by atomic mass is 14.8. The van der Waals surface area contributed by atoms with E-state index in [1.165, 1.54) is 0 Å². The molecule has 2 rings (SSSR count). The highest BCUT2D eigenvalue weighted by Crippen LogP contribution is 2.14. The normalized spacial score (nSPS) is 9.36. The summed E-state index contributed by atoms with van der Waals surface area (Å²) in [5.41, 5.74) is 1.98. The molecule has 0 aliphatic carbocycles. The fourth-order valence-corrected chi connectivity index (χ4v) is 1.10. The standard InChI is InChI=1S/C10H6N4/c11-6-9-5-8(1-2-13-9)10-7-12-3-4-14-10/h1-5,7H. The van der Waals surface area contributed by atoms with Crippen LogP contribution in [0.5, 0.6) is 0 Å². The first-order valence-corrected chi connectivity index (χ1v) is 4.02. The fraction of sp³-hybridized carbons (Fsp3) is 0. The summed E-state index contributed by atoms with van der Waals surface area (Å²) < 4.78 is 0. The SMILES string of the molecule is N#Cc1cc(-c2cnccn2)ccn1. The molecule has 4 nitrogen and oxygen atoms in total. The van der Waals surface area contributed by atoms with Crippen molar-refractivity contribution in [3.8, 4) is 17.3 Å². The van der Waals surface area contributed by atoms with Crippen LogP contribution >= 0.6 is 0 Å². The van der Waals surface area contributed by atoms with Crippen molar-refractivity contribution in [1.29, 1.82) is 5.26 Å². The Kier molecular flexibility index (Phi) is 2.15. The minimum absolute atomic E-state index is 0.383. The molecular formula is C10H6N4. The first-order valence-electron chi connectivity index (χ1n) is 4.02. The van der Waals surface area contributed by atoms with Crippen molar-refractivity contribution in [2.24, 2.45) is 0 Å². The molecule has 0 saturated heterocycles. The molecule has 14 heavy (non-hydrogen) atoms. The van der Waals surface area contributed by atoms with Crippen molar-refractivity contribution in [3.63, 3.8) is 0 Å². The maximum absolute atomic E-state index is 8.66. The summed E-state index contributed by atoms with van der Waals surface area (Å²) in [6.45, 7) is 0. The quantitative estimate of drug-likeness (QED) is 0.668. The molecule has 2 aromatic rings. The maximum atomic E-state index is 8.66. The molecule has 0 bridgehead atoms.